The highest BCUT2D eigenvalue weighted by atomic mass is 16.5. The first-order valence-electron chi connectivity index (χ1n) is 11.9. The summed E-state index contributed by atoms with van der Waals surface area (Å²) in [4.78, 5) is 29.5. The molecule has 0 radical (unpaired) electrons. The average Bonchev–Trinajstić information content (AvgIpc) is 2.86. The van der Waals surface area contributed by atoms with E-state index in [2.05, 4.69) is 10.2 Å². The van der Waals surface area contributed by atoms with Crippen LogP contribution in [0.1, 0.15) is 30.1 Å². The summed E-state index contributed by atoms with van der Waals surface area (Å²) < 4.78 is 11.7. The van der Waals surface area contributed by atoms with E-state index in [1.807, 2.05) is 55.5 Å². The van der Waals surface area contributed by atoms with Gasteiger partial charge in [0, 0.05) is 32.4 Å². The van der Waals surface area contributed by atoms with Gasteiger partial charge in [-0.25, -0.2) is 0 Å². The van der Waals surface area contributed by atoms with Gasteiger partial charge < -0.3 is 30.3 Å². The number of piperazine rings is 1. The fraction of sp³-hybridized carbons (Fsp3) is 0.462. The van der Waals surface area contributed by atoms with E-state index in [-0.39, 0.29) is 12.0 Å². The molecular formula is C26H34N4O4. The lowest BCUT2D eigenvalue weighted by Gasteiger charge is -2.42. The van der Waals surface area contributed by atoms with E-state index < -0.39 is 18.1 Å². The maximum absolute atomic E-state index is 13.5. The second-order valence-electron chi connectivity index (χ2n) is 8.93. The Balaban J connectivity index is 1.46. The normalized spacial score (nSPS) is 20.1. The van der Waals surface area contributed by atoms with Crippen molar-refractivity contribution in [3.8, 4) is 5.75 Å². The second kappa shape index (κ2) is 10.9. The van der Waals surface area contributed by atoms with Crippen molar-refractivity contribution in [3.05, 3.63) is 59.7 Å². The minimum absolute atomic E-state index is 0.202. The number of para-hydroxylation sites is 1. The van der Waals surface area contributed by atoms with Gasteiger partial charge in [-0.2, -0.15) is 0 Å². The van der Waals surface area contributed by atoms with E-state index >= 15 is 0 Å². The molecule has 2 aromatic rings. The molecule has 2 unspecified atom stereocenters. The number of nitrogens with one attached hydrogen (secondary N) is 1. The topological polar surface area (TPSA) is 97.1 Å². The molecule has 2 fully saturated rings. The number of aryl methyl sites for hydroxylation is 1. The van der Waals surface area contributed by atoms with Gasteiger partial charge in [0.15, 0.2) is 6.10 Å². The van der Waals surface area contributed by atoms with E-state index in [0.29, 0.717) is 19.6 Å². The van der Waals surface area contributed by atoms with Crippen molar-refractivity contribution >= 4 is 17.5 Å². The predicted molar refractivity (Wildman–Crippen MR) is 131 cm³/mol. The van der Waals surface area contributed by atoms with Crippen molar-refractivity contribution in [1.29, 1.82) is 0 Å². The van der Waals surface area contributed by atoms with Gasteiger partial charge in [0.25, 0.3) is 5.91 Å². The van der Waals surface area contributed by atoms with Gasteiger partial charge in [-0.1, -0.05) is 30.3 Å². The standard InChI is InChI=1S/C26H34N4O4/c1-18-5-3-4-6-22(18)29-15-16-30(23(17-29)25(27)31)26(32)24(33-2)19-7-9-20(10-8-19)34-21-11-13-28-14-12-21/h3-10,21,23-24,28H,11-17H2,1-2H3,(H2,27,31). The van der Waals surface area contributed by atoms with Crippen LogP contribution in [-0.2, 0) is 14.3 Å². The summed E-state index contributed by atoms with van der Waals surface area (Å²) in [6.07, 6.45) is 1.33. The Kier molecular flexibility index (Phi) is 7.70. The molecule has 34 heavy (non-hydrogen) atoms. The van der Waals surface area contributed by atoms with E-state index in [4.69, 9.17) is 15.2 Å². The first-order valence-corrected chi connectivity index (χ1v) is 11.9. The maximum Gasteiger partial charge on any atom is 0.257 e. The van der Waals surface area contributed by atoms with Crippen molar-refractivity contribution < 1.29 is 19.1 Å². The van der Waals surface area contributed by atoms with Crippen molar-refractivity contribution in [2.24, 2.45) is 5.73 Å². The molecule has 2 amide bonds. The van der Waals surface area contributed by atoms with Crippen LogP contribution in [0.15, 0.2) is 48.5 Å². The summed E-state index contributed by atoms with van der Waals surface area (Å²) in [6.45, 7) is 5.30. The van der Waals surface area contributed by atoms with Gasteiger partial charge in [-0.15, -0.1) is 0 Å². The molecule has 2 saturated heterocycles. The summed E-state index contributed by atoms with van der Waals surface area (Å²) >= 11 is 0. The Bertz CT molecular complexity index is 991. The number of hydrogen-bond donors (Lipinski definition) is 2. The Hall–Kier alpha value is -3.10. The molecular weight excluding hydrogens is 432 g/mol. The number of nitrogens with zero attached hydrogens (tertiary/aromatic N) is 2. The highest BCUT2D eigenvalue weighted by Gasteiger charge is 2.38. The molecule has 0 bridgehead atoms. The molecule has 2 aliphatic rings. The fourth-order valence-electron chi connectivity index (χ4n) is 4.78. The molecule has 2 aliphatic heterocycles. The highest BCUT2D eigenvalue weighted by molar-refractivity contribution is 5.90. The van der Waals surface area contributed by atoms with Crippen LogP contribution in [0.4, 0.5) is 5.69 Å². The number of benzene rings is 2. The number of hydrogen-bond acceptors (Lipinski definition) is 6. The molecule has 8 heteroatoms. The van der Waals surface area contributed by atoms with Gasteiger partial charge in [-0.3, -0.25) is 9.59 Å². The smallest absolute Gasteiger partial charge is 0.257 e. The Morgan fingerprint density at radius 2 is 1.76 bits per heavy atom. The molecule has 2 atom stereocenters. The van der Waals surface area contributed by atoms with E-state index in [1.54, 1.807) is 4.90 Å². The quantitative estimate of drug-likeness (QED) is 0.648. The summed E-state index contributed by atoms with van der Waals surface area (Å²) in [6, 6.07) is 14.7. The summed E-state index contributed by atoms with van der Waals surface area (Å²) in [7, 11) is 1.50. The Morgan fingerprint density at radius 1 is 1.06 bits per heavy atom. The molecule has 2 aromatic carbocycles. The molecule has 0 aliphatic carbocycles. The third-order valence-electron chi connectivity index (χ3n) is 6.68. The molecule has 0 aromatic heterocycles. The Morgan fingerprint density at radius 3 is 2.41 bits per heavy atom. The molecule has 182 valence electrons. The number of anilines is 1. The van der Waals surface area contributed by atoms with Crippen LogP contribution in [0.5, 0.6) is 5.75 Å². The van der Waals surface area contributed by atoms with Crippen LogP contribution < -0.4 is 20.7 Å². The number of carbonyl (C=O) groups is 2. The van der Waals surface area contributed by atoms with Crippen molar-refractivity contribution in [3.63, 3.8) is 0 Å². The fourth-order valence-corrected chi connectivity index (χ4v) is 4.78. The number of nitrogens with two attached hydrogens (primary N) is 1. The predicted octanol–water partition coefficient (Wildman–Crippen LogP) is 2.02. The number of methoxy groups -OCH3 is 1. The number of amides is 2. The zero-order valence-electron chi connectivity index (χ0n) is 19.9. The molecule has 2 heterocycles. The van der Waals surface area contributed by atoms with Crippen LogP contribution in [0.25, 0.3) is 0 Å². The van der Waals surface area contributed by atoms with E-state index in [0.717, 1.165) is 48.5 Å². The first-order chi connectivity index (χ1) is 16.5. The monoisotopic (exact) mass is 466 g/mol. The minimum Gasteiger partial charge on any atom is -0.490 e. The number of piperidine rings is 1. The summed E-state index contributed by atoms with van der Waals surface area (Å²) in [5.74, 6) is -0.00484. The highest BCUT2D eigenvalue weighted by Crippen LogP contribution is 2.28. The largest absolute Gasteiger partial charge is 0.490 e. The molecule has 0 saturated carbocycles. The van der Waals surface area contributed by atoms with Crippen LogP contribution in [-0.4, -0.2) is 68.7 Å². The van der Waals surface area contributed by atoms with Gasteiger partial charge in [0.05, 0.1) is 0 Å². The summed E-state index contributed by atoms with van der Waals surface area (Å²) in [5, 5.41) is 3.33. The second-order valence-corrected chi connectivity index (χ2v) is 8.93. The van der Waals surface area contributed by atoms with Gasteiger partial charge >= 0.3 is 0 Å². The number of carbonyl (C=O) groups excluding carboxylic acids is 2. The van der Waals surface area contributed by atoms with Gasteiger partial charge in [0.1, 0.15) is 17.9 Å². The lowest BCUT2D eigenvalue weighted by Crippen LogP contribution is -2.61. The minimum atomic E-state index is -0.820. The van der Waals surface area contributed by atoms with Crippen LogP contribution in [0.3, 0.4) is 0 Å². The van der Waals surface area contributed by atoms with Crippen LogP contribution in [0.2, 0.25) is 0 Å². The van der Waals surface area contributed by atoms with Crippen molar-refractivity contribution in [2.45, 2.75) is 38.0 Å². The number of ether oxygens (including phenoxy) is 2. The lowest BCUT2D eigenvalue weighted by atomic mass is 10.0. The molecule has 4 rings (SSSR count). The SMILES string of the molecule is COC(C(=O)N1CCN(c2ccccc2C)CC1C(N)=O)c1ccc(OC2CCNCC2)cc1. The first kappa shape index (κ1) is 24.0. The van der Waals surface area contributed by atoms with Crippen molar-refractivity contribution in [2.75, 3.05) is 44.7 Å². The Labute approximate surface area is 201 Å². The molecule has 0 spiro atoms. The van der Waals surface area contributed by atoms with Crippen LogP contribution in [0, 0.1) is 6.92 Å². The molecule has 3 N–H and O–H groups in total. The third-order valence-corrected chi connectivity index (χ3v) is 6.68. The lowest BCUT2D eigenvalue weighted by molar-refractivity contribution is -0.149. The van der Waals surface area contributed by atoms with Crippen molar-refractivity contribution in [1.82, 2.24) is 10.2 Å². The van der Waals surface area contributed by atoms with E-state index in [9.17, 15) is 9.59 Å². The maximum atomic E-state index is 13.5. The van der Waals surface area contributed by atoms with Gasteiger partial charge in [0.2, 0.25) is 5.91 Å². The number of rotatable bonds is 7. The zero-order chi connectivity index (χ0) is 24.1. The number of primary amides is 1. The van der Waals surface area contributed by atoms with Crippen LogP contribution >= 0.6 is 0 Å². The zero-order valence-corrected chi connectivity index (χ0v) is 19.9. The average molecular weight is 467 g/mol. The molecule has 8 nitrogen and oxygen atoms in total. The van der Waals surface area contributed by atoms with E-state index in [1.165, 1.54) is 7.11 Å². The third kappa shape index (κ3) is 5.34. The summed E-state index contributed by atoms with van der Waals surface area (Å²) in [5.41, 5.74) is 8.63. The van der Waals surface area contributed by atoms with Gasteiger partial charge in [-0.05, 0) is 62.2 Å².